The van der Waals surface area contributed by atoms with Gasteiger partial charge in [0.25, 0.3) is 11.8 Å². The van der Waals surface area contributed by atoms with Crippen LogP contribution < -0.4 is 14.8 Å². The molecule has 1 N–H and O–H groups in total. The van der Waals surface area contributed by atoms with E-state index in [0.717, 1.165) is 11.3 Å². The van der Waals surface area contributed by atoms with Gasteiger partial charge in [-0.25, -0.2) is 9.78 Å². The van der Waals surface area contributed by atoms with Gasteiger partial charge in [0, 0.05) is 30.1 Å². The minimum absolute atomic E-state index is 0.174. The molecule has 2 amide bonds. The number of benzene rings is 2. The zero-order valence-electron chi connectivity index (χ0n) is 24.9. The van der Waals surface area contributed by atoms with Gasteiger partial charge in [-0.1, -0.05) is 18.2 Å². The number of esters is 1. The number of thiophene rings is 1. The largest absolute Gasteiger partial charge is 0.497 e. The number of anilines is 1. The third kappa shape index (κ3) is 6.08. The molecule has 0 spiro atoms. The topological polar surface area (TPSA) is 107 Å². The Labute approximate surface area is 249 Å². The lowest BCUT2D eigenvalue weighted by atomic mass is 10.0. The predicted molar refractivity (Wildman–Crippen MR) is 165 cm³/mol. The molecule has 2 aromatic carbocycles. The molecule has 2 aromatic heterocycles. The number of carbonyl (C=O) groups excluding carboxylic acids is 3. The van der Waals surface area contributed by atoms with Crippen LogP contribution in [0.2, 0.25) is 0 Å². The zero-order valence-corrected chi connectivity index (χ0v) is 25.7. The molecule has 9 nitrogen and oxygen atoms in total. The van der Waals surface area contributed by atoms with Crippen molar-refractivity contribution in [2.75, 3.05) is 32.6 Å². The van der Waals surface area contributed by atoms with Crippen molar-refractivity contribution in [1.82, 2.24) is 9.88 Å². The number of amides is 2. The van der Waals surface area contributed by atoms with E-state index in [1.807, 2.05) is 44.2 Å². The van der Waals surface area contributed by atoms with Gasteiger partial charge in [-0.15, -0.1) is 11.3 Å². The Balaban J connectivity index is 1.84. The summed E-state index contributed by atoms with van der Waals surface area (Å²) in [5.74, 6) is -0.0984. The molecule has 0 saturated carbocycles. The van der Waals surface area contributed by atoms with Crippen LogP contribution in [-0.2, 0) is 4.74 Å². The number of aromatic nitrogens is 1. The highest BCUT2D eigenvalue weighted by Crippen LogP contribution is 2.37. The van der Waals surface area contributed by atoms with Gasteiger partial charge in [0.1, 0.15) is 16.5 Å². The molecule has 2 heterocycles. The van der Waals surface area contributed by atoms with Crippen molar-refractivity contribution in [2.24, 2.45) is 0 Å². The van der Waals surface area contributed by atoms with E-state index in [9.17, 15) is 14.4 Å². The van der Waals surface area contributed by atoms with Gasteiger partial charge in [0.2, 0.25) is 0 Å². The molecular formula is C32H35N3O6S. The third-order valence-corrected chi connectivity index (χ3v) is 8.01. The van der Waals surface area contributed by atoms with Crippen LogP contribution in [0.1, 0.15) is 63.6 Å². The lowest BCUT2D eigenvalue weighted by Gasteiger charge is -2.18. The van der Waals surface area contributed by atoms with Crippen LogP contribution in [0.5, 0.6) is 11.5 Å². The van der Waals surface area contributed by atoms with Gasteiger partial charge in [-0.2, -0.15) is 0 Å². The molecule has 10 heteroatoms. The summed E-state index contributed by atoms with van der Waals surface area (Å²) in [5.41, 5.74) is 2.81. The zero-order chi connectivity index (χ0) is 30.6. The van der Waals surface area contributed by atoms with Crippen molar-refractivity contribution >= 4 is 45.0 Å². The maximum absolute atomic E-state index is 14.0. The highest BCUT2D eigenvalue weighted by atomic mass is 32.1. The second-order valence-corrected chi connectivity index (χ2v) is 10.8. The second kappa shape index (κ2) is 13.0. The van der Waals surface area contributed by atoms with Gasteiger partial charge in [-0.05, 0) is 64.4 Å². The van der Waals surface area contributed by atoms with Crippen LogP contribution in [0.3, 0.4) is 0 Å². The number of fused-ring (bicyclic) bond motifs is 1. The van der Waals surface area contributed by atoms with Gasteiger partial charge in [-0.3, -0.25) is 9.59 Å². The van der Waals surface area contributed by atoms with Crippen molar-refractivity contribution in [2.45, 2.75) is 40.7 Å². The number of pyridine rings is 1. The van der Waals surface area contributed by atoms with Crippen LogP contribution in [0.4, 0.5) is 5.00 Å². The summed E-state index contributed by atoms with van der Waals surface area (Å²) in [6.07, 6.45) is -0.381. The number of para-hydroxylation sites is 1. The van der Waals surface area contributed by atoms with Gasteiger partial charge in [0.05, 0.1) is 47.5 Å². The van der Waals surface area contributed by atoms with Crippen LogP contribution in [-0.4, -0.2) is 61.1 Å². The van der Waals surface area contributed by atoms with E-state index in [2.05, 4.69) is 5.32 Å². The molecule has 0 aliphatic carbocycles. The Morgan fingerprint density at radius 2 is 1.71 bits per heavy atom. The van der Waals surface area contributed by atoms with Crippen molar-refractivity contribution in [3.05, 3.63) is 70.1 Å². The highest BCUT2D eigenvalue weighted by molar-refractivity contribution is 7.18. The molecule has 42 heavy (non-hydrogen) atoms. The normalized spacial score (nSPS) is 11.0. The minimum Gasteiger partial charge on any atom is -0.497 e. The van der Waals surface area contributed by atoms with Gasteiger partial charge < -0.3 is 24.4 Å². The number of methoxy groups -OCH3 is 2. The Kier molecular flexibility index (Phi) is 9.47. The first-order valence-electron chi connectivity index (χ1n) is 13.7. The van der Waals surface area contributed by atoms with Crippen LogP contribution in [0.25, 0.3) is 22.2 Å². The SMILES string of the molecule is CCN(CC)C(=O)c1sc(NC(=O)c2cc(-c3ccc(OC)cc3OC)nc3ccccc23)c(C(=O)OC(C)C)c1C. The number of rotatable bonds is 10. The molecule has 0 aliphatic rings. The lowest BCUT2D eigenvalue weighted by Crippen LogP contribution is -2.30. The molecule has 4 aromatic rings. The Hall–Kier alpha value is -4.44. The van der Waals surface area contributed by atoms with Crippen molar-refractivity contribution < 1.29 is 28.6 Å². The van der Waals surface area contributed by atoms with Crippen molar-refractivity contribution in [3.63, 3.8) is 0 Å². The maximum Gasteiger partial charge on any atom is 0.341 e. The number of nitrogens with one attached hydrogen (secondary N) is 1. The van der Waals surface area contributed by atoms with Gasteiger partial charge >= 0.3 is 5.97 Å². The summed E-state index contributed by atoms with van der Waals surface area (Å²) in [6.45, 7) is 10.0. The smallest absolute Gasteiger partial charge is 0.341 e. The van der Waals surface area contributed by atoms with Crippen molar-refractivity contribution in [1.29, 1.82) is 0 Å². The fourth-order valence-electron chi connectivity index (χ4n) is 4.66. The van der Waals surface area contributed by atoms with E-state index in [1.165, 1.54) is 0 Å². The summed E-state index contributed by atoms with van der Waals surface area (Å²) in [7, 11) is 3.13. The third-order valence-electron chi connectivity index (χ3n) is 6.81. The van der Waals surface area contributed by atoms with Crippen LogP contribution in [0.15, 0.2) is 48.5 Å². The van der Waals surface area contributed by atoms with Crippen LogP contribution >= 0.6 is 11.3 Å². The van der Waals surface area contributed by atoms with E-state index in [0.29, 0.717) is 62.8 Å². The number of hydrogen-bond acceptors (Lipinski definition) is 8. The first kappa shape index (κ1) is 30.5. The Bertz CT molecular complexity index is 1640. The quantitative estimate of drug-likeness (QED) is 0.208. The average molecular weight is 590 g/mol. The summed E-state index contributed by atoms with van der Waals surface area (Å²) >= 11 is 1.07. The summed E-state index contributed by atoms with van der Waals surface area (Å²) in [6, 6.07) is 14.4. The first-order valence-corrected chi connectivity index (χ1v) is 14.5. The first-order chi connectivity index (χ1) is 20.1. The monoisotopic (exact) mass is 589 g/mol. The molecule has 0 radical (unpaired) electrons. The number of carbonyl (C=O) groups is 3. The summed E-state index contributed by atoms with van der Waals surface area (Å²) in [4.78, 5) is 47.3. The number of ether oxygens (including phenoxy) is 3. The molecule has 0 atom stereocenters. The van der Waals surface area contributed by atoms with E-state index < -0.39 is 11.9 Å². The molecule has 0 unspecified atom stereocenters. The minimum atomic E-state index is -0.601. The second-order valence-electron chi connectivity index (χ2n) is 9.78. The van der Waals surface area contributed by atoms with E-state index in [4.69, 9.17) is 19.2 Å². The summed E-state index contributed by atoms with van der Waals surface area (Å²) in [5, 5.41) is 3.80. The fourth-order valence-corrected chi connectivity index (χ4v) is 5.82. The Morgan fingerprint density at radius 1 is 1.00 bits per heavy atom. The molecule has 0 aliphatic heterocycles. The van der Waals surface area contributed by atoms with E-state index in [1.54, 1.807) is 58.1 Å². The maximum atomic E-state index is 14.0. The molecule has 4 rings (SSSR count). The standard InChI is InChI=1S/C32H35N3O6S/c1-8-35(9-2)31(37)28-19(5)27(32(38)41-18(3)4)30(42-28)34-29(36)23-17-25(33-24-13-11-10-12-21(23)24)22-15-14-20(39-6)16-26(22)40-7/h10-18H,8-9H2,1-7H3,(H,34,36). The van der Waals surface area contributed by atoms with E-state index in [-0.39, 0.29) is 22.6 Å². The fraction of sp³-hybridized carbons (Fsp3) is 0.312. The highest BCUT2D eigenvalue weighted by Gasteiger charge is 2.29. The summed E-state index contributed by atoms with van der Waals surface area (Å²) < 4.78 is 16.4. The van der Waals surface area contributed by atoms with Gasteiger partial charge in [0.15, 0.2) is 0 Å². The Morgan fingerprint density at radius 3 is 2.36 bits per heavy atom. The molecule has 0 bridgehead atoms. The molecule has 220 valence electrons. The lowest BCUT2D eigenvalue weighted by molar-refractivity contribution is 0.0379. The predicted octanol–water partition coefficient (Wildman–Crippen LogP) is 6.59. The average Bonchev–Trinajstić information content (AvgIpc) is 3.31. The van der Waals surface area contributed by atoms with Crippen LogP contribution in [0, 0.1) is 6.92 Å². The number of nitrogens with zero attached hydrogens (tertiary/aromatic N) is 2. The molecule has 0 saturated heterocycles. The molecule has 0 fully saturated rings. The van der Waals surface area contributed by atoms with Crippen molar-refractivity contribution in [3.8, 4) is 22.8 Å². The van der Waals surface area contributed by atoms with E-state index >= 15 is 0 Å². The molecular weight excluding hydrogens is 554 g/mol. The number of hydrogen-bond donors (Lipinski definition) is 1.